The molecule has 0 heterocycles. The van der Waals surface area contributed by atoms with E-state index in [4.69, 9.17) is 0 Å². The molecule has 0 atom stereocenters. The molecule has 0 saturated carbocycles. The van der Waals surface area contributed by atoms with Gasteiger partial charge >= 0.3 is 0 Å². The number of rotatable bonds is 0. The van der Waals surface area contributed by atoms with Gasteiger partial charge in [-0.05, 0) is 78.8 Å². The van der Waals surface area contributed by atoms with E-state index in [0.717, 1.165) is 0 Å². The molecule has 1 aliphatic carbocycles. The topological polar surface area (TPSA) is 0 Å². The van der Waals surface area contributed by atoms with E-state index in [2.05, 4.69) is 98.8 Å². The zero-order valence-electron chi connectivity index (χ0n) is 15.6. The van der Waals surface area contributed by atoms with Crippen LogP contribution >= 0.6 is 0 Å². The average Bonchev–Trinajstić information content (AvgIpc) is 2.92. The minimum Gasteiger partial charge on any atom is -0.0616 e. The van der Waals surface area contributed by atoms with E-state index in [-0.39, 0.29) is 5.41 Å². The molecule has 0 aromatic heterocycles. The van der Waals surface area contributed by atoms with Crippen LogP contribution in [0.3, 0.4) is 0 Å². The molecule has 1 aliphatic rings. The summed E-state index contributed by atoms with van der Waals surface area (Å²) in [5.74, 6) is 0. The molecule has 0 bridgehead atoms. The Labute approximate surface area is 159 Å². The first-order chi connectivity index (χ1) is 13.1. The van der Waals surface area contributed by atoms with Gasteiger partial charge in [-0.15, -0.1) is 0 Å². The molecular formula is C27H20. The highest BCUT2D eigenvalue weighted by Gasteiger charge is 2.36. The second kappa shape index (κ2) is 4.98. The minimum atomic E-state index is 0.0224. The Kier molecular flexibility index (Phi) is 2.77. The highest BCUT2D eigenvalue weighted by Crippen LogP contribution is 2.52. The van der Waals surface area contributed by atoms with Gasteiger partial charge in [-0.25, -0.2) is 0 Å². The van der Waals surface area contributed by atoms with E-state index in [9.17, 15) is 0 Å². The standard InChI is InChI=1S/C27H20/c1-27(2)24-12-11-21-13-17-7-3-4-8-18(17)14-22(21)26(24)23-15-19-9-5-6-10-20(19)16-25(23)27/h3-16H,1-2H3. The van der Waals surface area contributed by atoms with Crippen molar-refractivity contribution in [3.63, 3.8) is 0 Å². The first-order valence-electron chi connectivity index (χ1n) is 9.62. The van der Waals surface area contributed by atoms with Crippen molar-refractivity contribution in [3.8, 4) is 11.1 Å². The maximum atomic E-state index is 2.40. The quantitative estimate of drug-likeness (QED) is 0.256. The first-order valence-corrected chi connectivity index (χ1v) is 9.62. The van der Waals surface area contributed by atoms with Gasteiger partial charge in [0.05, 0.1) is 0 Å². The van der Waals surface area contributed by atoms with Crippen LogP contribution in [0.1, 0.15) is 25.0 Å². The summed E-state index contributed by atoms with van der Waals surface area (Å²) in [7, 11) is 0. The van der Waals surface area contributed by atoms with Gasteiger partial charge in [0.1, 0.15) is 0 Å². The monoisotopic (exact) mass is 344 g/mol. The van der Waals surface area contributed by atoms with Crippen LogP contribution in [-0.4, -0.2) is 0 Å². The largest absolute Gasteiger partial charge is 0.0616 e. The summed E-state index contributed by atoms with van der Waals surface area (Å²) >= 11 is 0. The molecule has 128 valence electrons. The van der Waals surface area contributed by atoms with Crippen LogP contribution in [0.5, 0.6) is 0 Å². The van der Waals surface area contributed by atoms with Crippen molar-refractivity contribution in [1.29, 1.82) is 0 Å². The van der Waals surface area contributed by atoms with Crippen molar-refractivity contribution in [3.05, 3.63) is 96.1 Å². The van der Waals surface area contributed by atoms with Crippen molar-refractivity contribution < 1.29 is 0 Å². The Balaban J connectivity index is 1.79. The maximum Gasteiger partial charge on any atom is 0.0159 e. The van der Waals surface area contributed by atoms with E-state index >= 15 is 0 Å². The number of hydrogen-bond donors (Lipinski definition) is 0. The van der Waals surface area contributed by atoms with Gasteiger partial charge in [-0.2, -0.15) is 0 Å². The second-order valence-electron chi connectivity index (χ2n) is 8.28. The lowest BCUT2D eigenvalue weighted by Crippen LogP contribution is -2.14. The van der Waals surface area contributed by atoms with Gasteiger partial charge in [-0.3, -0.25) is 0 Å². The molecule has 0 N–H and O–H groups in total. The Hall–Kier alpha value is -3.12. The SMILES string of the molecule is CC1(C)c2cc3ccccc3cc2-c2c1ccc1cc3ccccc3cc21. The van der Waals surface area contributed by atoms with Gasteiger partial charge in [-0.1, -0.05) is 74.5 Å². The summed E-state index contributed by atoms with van der Waals surface area (Å²) in [6.45, 7) is 4.72. The smallest absolute Gasteiger partial charge is 0.0159 e. The van der Waals surface area contributed by atoms with Gasteiger partial charge in [0, 0.05) is 5.41 Å². The van der Waals surface area contributed by atoms with Crippen LogP contribution in [0.25, 0.3) is 43.4 Å². The van der Waals surface area contributed by atoms with Crippen molar-refractivity contribution in [1.82, 2.24) is 0 Å². The van der Waals surface area contributed by atoms with Crippen molar-refractivity contribution in [2.75, 3.05) is 0 Å². The molecule has 27 heavy (non-hydrogen) atoms. The maximum absolute atomic E-state index is 2.40. The molecule has 0 spiro atoms. The lowest BCUT2D eigenvalue weighted by Gasteiger charge is -2.22. The van der Waals surface area contributed by atoms with E-state index in [1.165, 1.54) is 54.6 Å². The summed E-state index contributed by atoms with van der Waals surface area (Å²) in [5.41, 5.74) is 5.72. The van der Waals surface area contributed by atoms with Crippen LogP contribution in [0, 0.1) is 0 Å². The Morgan fingerprint density at radius 1 is 0.519 bits per heavy atom. The molecule has 6 rings (SSSR count). The molecule has 0 heteroatoms. The number of hydrogen-bond acceptors (Lipinski definition) is 0. The lowest BCUT2D eigenvalue weighted by molar-refractivity contribution is 0.661. The Morgan fingerprint density at radius 3 is 1.81 bits per heavy atom. The molecule has 0 unspecified atom stereocenters. The van der Waals surface area contributed by atoms with E-state index in [1.54, 1.807) is 0 Å². The van der Waals surface area contributed by atoms with E-state index in [0.29, 0.717) is 0 Å². The van der Waals surface area contributed by atoms with Crippen LogP contribution < -0.4 is 0 Å². The van der Waals surface area contributed by atoms with Crippen molar-refractivity contribution >= 4 is 32.3 Å². The normalized spacial score (nSPS) is 14.6. The molecule has 0 amide bonds. The summed E-state index contributed by atoms with van der Waals surface area (Å²) in [4.78, 5) is 0. The third-order valence-electron chi connectivity index (χ3n) is 6.39. The van der Waals surface area contributed by atoms with Gasteiger partial charge in [0.15, 0.2) is 0 Å². The van der Waals surface area contributed by atoms with E-state index in [1.807, 2.05) is 0 Å². The van der Waals surface area contributed by atoms with Crippen LogP contribution in [0.4, 0.5) is 0 Å². The van der Waals surface area contributed by atoms with Gasteiger partial charge in [0.25, 0.3) is 0 Å². The molecule has 5 aromatic carbocycles. The fourth-order valence-electron chi connectivity index (χ4n) is 4.93. The van der Waals surface area contributed by atoms with Gasteiger partial charge < -0.3 is 0 Å². The summed E-state index contributed by atoms with van der Waals surface area (Å²) in [6, 6.07) is 31.5. The molecule has 5 aromatic rings. The first kappa shape index (κ1) is 15.0. The van der Waals surface area contributed by atoms with Crippen LogP contribution in [-0.2, 0) is 5.41 Å². The van der Waals surface area contributed by atoms with Crippen molar-refractivity contribution in [2.45, 2.75) is 19.3 Å². The minimum absolute atomic E-state index is 0.0224. The molecule has 0 radical (unpaired) electrons. The Bertz CT molecular complexity index is 1390. The fourth-order valence-corrected chi connectivity index (χ4v) is 4.93. The zero-order chi connectivity index (χ0) is 18.2. The highest BCUT2D eigenvalue weighted by molar-refractivity contribution is 6.09. The number of fused-ring (bicyclic) bond motifs is 7. The Morgan fingerprint density at radius 2 is 1.11 bits per heavy atom. The molecule has 0 saturated heterocycles. The van der Waals surface area contributed by atoms with Crippen LogP contribution in [0.15, 0.2) is 84.9 Å². The molecular weight excluding hydrogens is 324 g/mol. The third kappa shape index (κ3) is 1.93. The lowest BCUT2D eigenvalue weighted by atomic mass is 9.81. The zero-order valence-corrected chi connectivity index (χ0v) is 15.6. The predicted octanol–water partition coefficient (Wildman–Crippen LogP) is 7.45. The average molecular weight is 344 g/mol. The van der Waals surface area contributed by atoms with Gasteiger partial charge in [0.2, 0.25) is 0 Å². The summed E-state index contributed by atoms with van der Waals surface area (Å²) in [5, 5.41) is 7.95. The molecule has 0 aliphatic heterocycles. The molecule has 0 nitrogen and oxygen atoms in total. The van der Waals surface area contributed by atoms with Crippen molar-refractivity contribution in [2.24, 2.45) is 0 Å². The third-order valence-corrected chi connectivity index (χ3v) is 6.39. The summed E-state index contributed by atoms with van der Waals surface area (Å²) < 4.78 is 0. The second-order valence-corrected chi connectivity index (χ2v) is 8.28. The highest BCUT2D eigenvalue weighted by atomic mass is 14.4. The number of benzene rings is 5. The summed E-state index contributed by atoms with van der Waals surface area (Å²) in [6.07, 6.45) is 0. The van der Waals surface area contributed by atoms with Crippen LogP contribution in [0.2, 0.25) is 0 Å². The van der Waals surface area contributed by atoms with E-state index < -0.39 is 0 Å². The fraction of sp³-hybridized carbons (Fsp3) is 0.111. The predicted molar refractivity (Wildman–Crippen MR) is 117 cm³/mol. The molecule has 0 fully saturated rings.